The van der Waals surface area contributed by atoms with Crippen molar-refractivity contribution in [2.75, 3.05) is 7.11 Å². The molecule has 2 aromatic rings. The predicted octanol–water partition coefficient (Wildman–Crippen LogP) is 3.82. The molecule has 112 valence electrons. The summed E-state index contributed by atoms with van der Waals surface area (Å²) in [5.74, 6) is 1.55. The van der Waals surface area contributed by atoms with Crippen molar-refractivity contribution in [3.05, 3.63) is 58.6 Å². The summed E-state index contributed by atoms with van der Waals surface area (Å²) in [5.41, 5.74) is 8.02. The zero-order valence-corrected chi connectivity index (χ0v) is 13.1. The monoisotopic (exact) mass is 305 g/mol. The topological polar surface area (TPSA) is 44.5 Å². The first-order valence-electron chi connectivity index (χ1n) is 6.88. The van der Waals surface area contributed by atoms with Crippen molar-refractivity contribution in [2.24, 2.45) is 5.73 Å². The number of rotatable bonds is 6. The van der Waals surface area contributed by atoms with Gasteiger partial charge in [0.2, 0.25) is 0 Å². The molecule has 0 saturated heterocycles. The van der Waals surface area contributed by atoms with Gasteiger partial charge in [-0.15, -0.1) is 0 Å². The first-order valence-corrected chi connectivity index (χ1v) is 7.26. The Kier molecular flexibility index (Phi) is 5.48. The Bertz CT molecular complexity index is 599. The summed E-state index contributed by atoms with van der Waals surface area (Å²) in [7, 11) is 1.66. The van der Waals surface area contributed by atoms with Crippen LogP contribution >= 0.6 is 11.6 Å². The standard InChI is InChI=1S/C17H20ClNO2/c1-12(19)8-13-6-7-17(20-2)14(9-13)11-21-16-5-3-4-15(18)10-16/h3-7,9-10,12H,8,11,19H2,1-2H3. The van der Waals surface area contributed by atoms with Crippen LogP contribution in [0.25, 0.3) is 0 Å². The summed E-state index contributed by atoms with van der Waals surface area (Å²) in [5, 5.41) is 0.658. The van der Waals surface area contributed by atoms with Crippen LogP contribution in [0, 0.1) is 0 Å². The number of hydrogen-bond acceptors (Lipinski definition) is 3. The lowest BCUT2D eigenvalue weighted by molar-refractivity contribution is 0.296. The maximum atomic E-state index is 5.95. The van der Waals surface area contributed by atoms with Gasteiger partial charge in [0.1, 0.15) is 18.1 Å². The minimum atomic E-state index is 0.125. The summed E-state index contributed by atoms with van der Waals surface area (Å²) < 4.78 is 11.2. The third-order valence-electron chi connectivity index (χ3n) is 3.09. The Balaban J connectivity index is 2.13. The minimum Gasteiger partial charge on any atom is -0.496 e. The molecule has 4 heteroatoms. The second-order valence-corrected chi connectivity index (χ2v) is 5.51. The van der Waals surface area contributed by atoms with Gasteiger partial charge in [0.05, 0.1) is 7.11 Å². The molecule has 0 aliphatic heterocycles. The molecule has 0 bridgehead atoms. The quantitative estimate of drug-likeness (QED) is 0.882. The molecule has 2 aromatic carbocycles. The fraction of sp³-hybridized carbons (Fsp3) is 0.294. The number of ether oxygens (including phenoxy) is 2. The van der Waals surface area contributed by atoms with Gasteiger partial charge in [-0.1, -0.05) is 23.7 Å². The second-order valence-electron chi connectivity index (χ2n) is 5.07. The fourth-order valence-corrected chi connectivity index (χ4v) is 2.34. The van der Waals surface area contributed by atoms with Gasteiger partial charge in [0.25, 0.3) is 0 Å². The Labute approximate surface area is 130 Å². The van der Waals surface area contributed by atoms with Crippen molar-refractivity contribution in [1.82, 2.24) is 0 Å². The average molecular weight is 306 g/mol. The van der Waals surface area contributed by atoms with Crippen molar-refractivity contribution >= 4 is 11.6 Å². The number of methoxy groups -OCH3 is 1. The first-order chi connectivity index (χ1) is 10.1. The van der Waals surface area contributed by atoms with E-state index >= 15 is 0 Å². The van der Waals surface area contributed by atoms with E-state index in [0.29, 0.717) is 11.6 Å². The number of benzene rings is 2. The molecular weight excluding hydrogens is 286 g/mol. The third-order valence-corrected chi connectivity index (χ3v) is 3.33. The highest BCUT2D eigenvalue weighted by Gasteiger charge is 2.07. The molecule has 0 aromatic heterocycles. The molecule has 0 radical (unpaired) electrons. The first kappa shape index (κ1) is 15.7. The molecule has 2 rings (SSSR count). The van der Waals surface area contributed by atoms with Crippen LogP contribution in [-0.4, -0.2) is 13.2 Å². The van der Waals surface area contributed by atoms with Crippen LogP contribution < -0.4 is 15.2 Å². The molecule has 21 heavy (non-hydrogen) atoms. The predicted molar refractivity (Wildman–Crippen MR) is 86.1 cm³/mol. The SMILES string of the molecule is COc1ccc(CC(C)N)cc1COc1cccc(Cl)c1. The number of halogens is 1. The van der Waals surface area contributed by atoms with Crippen LogP contribution in [-0.2, 0) is 13.0 Å². The molecule has 1 unspecified atom stereocenters. The van der Waals surface area contributed by atoms with E-state index in [-0.39, 0.29) is 6.04 Å². The van der Waals surface area contributed by atoms with E-state index in [0.717, 1.165) is 23.5 Å². The van der Waals surface area contributed by atoms with Gasteiger partial charge in [0.15, 0.2) is 0 Å². The van der Waals surface area contributed by atoms with E-state index in [1.165, 1.54) is 5.56 Å². The largest absolute Gasteiger partial charge is 0.496 e. The third kappa shape index (κ3) is 4.66. The van der Waals surface area contributed by atoms with Crippen LogP contribution in [0.15, 0.2) is 42.5 Å². The normalized spacial score (nSPS) is 12.0. The van der Waals surface area contributed by atoms with Crippen molar-refractivity contribution in [1.29, 1.82) is 0 Å². The lowest BCUT2D eigenvalue weighted by Crippen LogP contribution is -2.17. The van der Waals surface area contributed by atoms with Crippen molar-refractivity contribution in [2.45, 2.75) is 26.0 Å². The lowest BCUT2D eigenvalue weighted by atomic mass is 10.0. The number of hydrogen-bond donors (Lipinski definition) is 1. The number of nitrogens with two attached hydrogens (primary N) is 1. The van der Waals surface area contributed by atoms with Crippen molar-refractivity contribution in [3.8, 4) is 11.5 Å². The van der Waals surface area contributed by atoms with E-state index in [1.54, 1.807) is 13.2 Å². The Morgan fingerprint density at radius 1 is 1.19 bits per heavy atom. The zero-order chi connectivity index (χ0) is 15.2. The summed E-state index contributed by atoms with van der Waals surface area (Å²) in [6, 6.07) is 13.5. The molecule has 0 aliphatic carbocycles. The molecule has 0 saturated carbocycles. The van der Waals surface area contributed by atoms with Crippen LogP contribution in [0.1, 0.15) is 18.1 Å². The van der Waals surface area contributed by atoms with Crippen LogP contribution in [0.5, 0.6) is 11.5 Å². The molecule has 3 nitrogen and oxygen atoms in total. The van der Waals surface area contributed by atoms with Gasteiger partial charge >= 0.3 is 0 Å². The highest BCUT2D eigenvalue weighted by Crippen LogP contribution is 2.24. The molecule has 0 fully saturated rings. The maximum absolute atomic E-state index is 5.95. The summed E-state index contributed by atoms with van der Waals surface area (Å²) in [4.78, 5) is 0. The van der Waals surface area contributed by atoms with E-state index in [9.17, 15) is 0 Å². The molecular formula is C17H20ClNO2. The van der Waals surface area contributed by atoms with E-state index in [4.69, 9.17) is 26.8 Å². The molecule has 2 N–H and O–H groups in total. The average Bonchev–Trinajstić information content (AvgIpc) is 2.45. The van der Waals surface area contributed by atoms with Gasteiger partial charge in [0, 0.05) is 16.6 Å². The van der Waals surface area contributed by atoms with Gasteiger partial charge in [-0.3, -0.25) is 0 Å². The summed E-state index contributed by atoms with van der Waals surface area (Å²) >= 11 is 5.95. The second kappa shape index (κ2) is 7.34. The van der Waals surface area contributed by atoms with Crippen LogP contribution in [0.2, 0.25) is 5.02 Å². The van der Waals surface area contributed by atoms with E-state index < -0.39 is 0 Å². The molecule has 0 aliphatic rings. The highest BCUT2D eigenvalue weighted by molar-refractivity contribution is 6.30. The molecule has 1 atom stereocenters. The minimum absolute atomic E-state index is 0.125. The smallest absolute Gasteiger partial charge is 0.125 e. The Morgan fingerprint density at radius 3 is 2.67 bits per heavy atom. The maximum Gasteiger partial charge on any atom is 0.125 e. The molecule has 0 spiro atoms. The Hall–Kier alpha value is -1.71. The molecule has 0 amide bonds. The highest BCUT2D eigenvalue weighted by atomic mass is 35.5. The van der Waals surface area contributed by atoms with Crippen LogP contribution in [0.3, 0.4) is 0 Å². The van der Waals surface area contributed by atoms with Gasteiger partial charge in [-0.05, 0) is 49.2 Å². The van der Waals surface area contributed by atoms with E-state index in [1.807, 2.05) is 37.3 Å². The molecule has 0 heterocycles. The van der Waals surface area contributed by atoms with Crippen molar-refractivity contribution in [3.63, 3.8) is 0 Å². The summed E-state index contributed by atoms with van der Waals surface area (Å²) in [6.07, 6.45) is 0.828. The van der Waals surface area contributed by atoms with Gasteiger partial charge < -0.3 is 15.2 Å². The van der Waals surface area contributed by atoms with Crippen LogP contribution in [0.4, 0.5) is 0 Å². The van der Waals surface area contributed by atoms with Gasteiger partial charge in [-0.2, -0.15) is 0 Å². The Morgan fingerprint density at radius 2 is 2.00 bits per heavy atom. The lowest BCUT2D eigenvalue weighted by Gasteiger charge is -2.13. The van der Waals surface area contributed by atoms with Crippen molar-refractivity contribution < 1.29 is 9.47 Å². The zero-order valence-electron chi connectivity index (χ0n) is 12.3. The van der Waals surface area contributed by atoms with E-state index in [2.05, 4.69) is 6.07 Å². The summed E-state index contributed by atoms with van der Waals surface area (Å²) in [6.45, 7) is 2.42. The van der Waals surface area contributed by atoms with Gasteiger partial charge in [-0.25, -0.2) is 0 Å². The fourth-order valence-electron chi connectivity index (χ4n) is 2.16.